The Hall–Kier alpha value is -1.44. The van der Waals surface area contributed by atoms with E-state index in [4.69, 9.17) is 14.2 Å². The lowest BCUT2D eigenvalue weighted by molar-refractivity contribution is -0.472. The maximum Gasteiger partial charge on any atom is 0.324 e. The van der Waals surface area contributed by atoms with Gasteiger partial charge in [-0.15, -0.1) is 0 Å². The summed E-state index contributed by atoms with van der Waals surface area (Å²) in [4.78, 5) is 7.92. The lowest BCUT2D eigenvalue weighted by Crippen LogP contribution is -2.64. The van der Waals surface area contributed by atoms with Gasteiger partial charge in [-0.2, -0.15) is 8.78 Å². The predicted molar refractivity (Wildman–Crippen MR) is 93.2 cm³/mol. The van der Waals surface area contributed by atoms with Gasteiger partial charge in [0.15, 0.2) is 0 Å². The molecule has 3 aliphatic heterocycles. The van der Waals surface area contributed by atoms with E-state index in [2.05, 4.69) is 9.98 Å². The Morgan fingerprint density at radius 1 is 1.19 bits per heavy atom. The fraction of sp³-hybridized carbons (Fsp3) is 0.684. The first-order valence-electron chi connectivity index (χ1n) is 8.79. The summed E-state index contributed by atoms with van der Waals surface area (Å²) in [5.41, 5.74) is -0.723. The van der Waals surface area contributed by atoms with Gasteiger partial charge in [-0.25, -0.2) is 0 Å². The van der Waals surface area contributed by atoms with E-state index in [9.17, 15) is 8.78 Å². The van der Waals surface area contributed by atoms with Crippen LogP contribution in [0.1, 0.15) is 39.8 Å². The Balaban J connectivity index is 1.85. The summed E-state index contributed by atoms with van der Waals surface area (Å²) in [6.45, 7) is 9.42. The molecule has 1 aromatic rings. The number of pyridine rings is 1. The zero-order valence-corrected chi connectivity index (χ0v) is 15.7. The van der Waals surface area contributed by atoms with Crippen molar-refractivity contribution in [2.24, 2.45) is 15.8 Å². The van der Waals surface area contributed by atoms with Crippen LogP contribution in [0.15, 0.2) is 29.4 Å². The van der Waals surface area contributed by atoms with Crippen LogP contribution in [0.2, 0.25) is 0 Å². The molecule has 1 atom stereocenters. The number of ether oxygens (including phenoxy) is 3. The number of fused-ring (bicyclic) bond motifs is 3. The second kappa shape index (κ2) is 6.62. The second-order valence-corrected chi connectivity index (χ2v) is 8.68. The van der Waals surface area contributed by atoms with Gasteiger partial charge in [0.05, 0.1) is 26.0 Å². The Bertz CT molecular complexity index is 634. The number of hydrogen-bond donors (Lipinski definition) is 0. The number of rotatable bonds is 5. The molecule has 0 N–H and O–H groups in total. The summed E-state index contributed by atoms with van der Waals surface area (Å²) in [5.74, 6) is -4.69. The lowest BCUT2D eigenvalue weighted by Gasteiger charge is -2.52. The van der Waals surface area contributed by atoms with E-state index >= 15 is 0 Å². The minimum Gasteiger partial charge on any atom is -0.325 e. The fourth-order valence-electron chi connectivity index (χ4n) is 3.02. The maximum absolute atomic E-state index is 14.5. The number of hydrogen-bond acceptors (Lipinski definition) is 5. The summed E-state index contributed by atoms with van der Waals surface area (Å²) in [6, 6.07) is 3.68. The first kappa shape index (κ1) is 19.3. The first-order valence-corrected chi connectivity index (χ1v) is 8.79. The Labute approximate surface area is 152 Å². The molecule has 0 aromatic carbocycles. The Morgan fingerprint density at radius 3 is 2.31 bits per heavy atom. The molecule has 3 aliphatic rings. The first-order chi connectivity index (χ1) is 12.0. The Morgan fingerprint density at radius 2 is 1.81 bits per heavy atom. The summed E-state index contributed by atoms with van der Waals surface area (Å²) in [5, 5.41) is 0. The molecule has 4 rings (SSSR count). The molecule has 0 aliphatic carbocycles. The molecule has 144 valence electrons. The summed E-state index contributed by atoms with van der Waals surface area (Å²) < 4.78 is 46.4. The molecule has 0 radical (unpaired) electrons. The quantitative estimate of drug-likeness (QED) is 0.742. The largest absolute Gasteiger partial charge is 0.325 e. The van der Waals surface area contributed by atoms with Gasteiger partial charge in [0.25, 0.3) is 0 Å². The molecule has 26 heavy (non-hydrogen) atoms. The van der Waals surface area contributed by atoms with Gasteiger partial charge in [0, 0.05) is 11.6 Å². The maximum atomic E-state index is 14.5. The van der Waals surface area contributed by atoms with Crippen molar-refractivity contribution in [3.8, 4) is 0 Å². The number of aromatic nitrogens is 1. The fourth-order valence-corrected chi connectivity index (χ4v) is 3.02. The van der Waals surface area contributed by atoms with Crippen LogP contribution >= 0.6 is 0 Å². The molecule has 3 fully saturated rings. The van der Waals surface area contributed by atoms with Crippen molar-refractivity contribution in [3.05, 3.63) is 30.1 Å². The van der Waals surface area contributed by atoms with E-state index in [1.165, 1.54) is 18.3 Å². The third-order valence-electron chi connectivity index (χ3n) is 4.50. The number of aliphatic imine (C=N–C) groups is 1. The van der Waals surface area contributed by atoms with Crippen molar-refractivity contribution in [2.45, 2.75) is 52.1 Å². The van der Waals surface area contributed by atoms with Crippen LogP contribution in [0.5, 0.6) is 0 Å². The molecule has 0 amide bonds. The van der Waals surface area contributed by atoms with Gasteiger partial charge in [-0.1, -0.05) is 33.8 Å². The highest BCUT2D eigenvalue weighted by Crippen LogP contribution is 2.43. The van der Waals surface area contributed by atoms with Crippen LogP contribution in [-0.4, -0.2) is 43.0 Å². The van der Waals surface area contributed by atoms with Crippen LogP contribution in [-0.2, 0) is 20.1 Å². The van der Waals surface area contributed by atoms with E-state index in [-0.39, 0.29) is 16.5 Å². The lowest BCUT2D eigenvalue weighted by atomic mass is 9.85. The van der Waals surface area contributed by atoms with Crippen LogP contribution < -0.4 is 0 Å². The average molecular weight is 368 g/mol. The normalized spacial score (nSPS) is 30.7. The van der Waals surface area contributed by atoms with Gasteiger partial charge in [0.2, 0.25) is 0 Å². The highest BCUT2D eigenvalue weighted by atomic mass is 19.3. The topological polar surface area (TPSA) is 52.9 Å². The highest BCUT2D eigenvalue weighted by Gasteiger charge is 2.55. The van der Waals surface area contributed by atoms with E-state index < -0.39 is 17.9 Å². The molecule has 3 saturated heterocycles. The van der Waals surface area contributed by atoms with Gasteiger partial charge < -0.3 is 14.2 Å². The third kappa shape index (κ3) is 4.10. The molecule has 1 unspecified atom stereocenters. The second-order valence-electron chi connectivity index (χ2n) is 8.68. The standard InChI is InChI=1S/C19H26F2N2O3/c1-16(2,3)9-15(19-24-11-17(4,12-25-19)13-26-19)23-10-18(20,21)14-7-5-6-8-22-14/h5-8,10,15H,9,11-13H2,1-4H3. The highest BCUT2D eigenvalue weighted by molar-refractivity contribution is 5.68. The van der Waals surface area contributed by atoms with E-state index in [0.29, 0.717) is 32.5 Å². The number of nitrogens with zero attached hydrogens (tertiary/aromatic N) is 2. The van der Waals surface area contributed by atoms with Crippen molar-refractivity contribution in [1.29, 1.82) is 0 Å². The third-order valence-corrected chi connectivity index (χ3v) is 4.50. The molecule has 4 heterocycles. The van der Waals surface area contributed by atoms with Crippen molar-refractivity contribution in [3.63, 3.8) is 0 Å². The van der Waals surface area contributed by atoms with Crippen molar-refractivity contribution in [1.82, 2.24) is 4.98 Å². The van der Waals surface area contributed by atoms with Gasteiger partial charge in [-0.3, -0.25) is 9.98 Å². The van der Waals surface area contributed by atoms with Crippen molar-refractivity contribution < 1.29 is 23.0 Å². The molecular formula is C19H26F2N2O3. The molecule has 0 saturated carbocycles. The molecule has 2 bridgehead atoms. The zero-order chi connectivity index (χ0) is 19.1. The van der Waals surface area contributed by atoms with Crippen LogP contribution in [0.25, 0.3) is 0 Å². The van der Waals surface area contributed by atoms with Crippen LogP contribution in [0.3, 0.4) is 0 Å². The zero-order valence-electron chi connectivity index (χ0n) is 15.7. The summed E-state index contributed by atoms with van der Waals surface area (Å²) in [6.07, 6.45) is 2.44. The van der Waals surface area contributed by atoms with E-state index in [1.54, 1.807) is 6.07 Å². The molecule has 5 nitrogen and oxygen atoms in total. The molecule has 7 heteroatoms. The predicted octanol–water partition coefficient (Wildman–Crippen LogP) is 3.79. The molecular weight excluding hydrogens is 342 g/mol. The van der Waals surface area contributed by atoms with Crippen LogP contribution in [0, 0.1) is 10.8 Å². The molecule has 0 spiro atoms. The minimum absolute atomic E-state index is 0.175. The van der Waals surface area contributed by atoms with Crippen molar-refractivity contribution >= 4 is 6.21 Å². The van der Waals surface area contributed by atoms with E-state index in [0.717, 1.165) is 0 Å². The smallest absolute Gasteiger partial charge is 0.324 e. The average Bonchev–Trinajstić information content (AvgIpc) is 2.59. The van der Waals surface area contributed by atoms with Gasteiger partial charge >= 0.3 is 11.9 Å². The van der Waals surface area contributed by atoms with Crippen molar-refractivity contribution in [2.75, 3.05) is 19.8 Å². The monoisotopic (exact) mass is 368 g/mol. The van der Waals surface area contributed by atoms with Gasteiger partial charge in [0.1, 0.15) is 11.7 Å². The van der Waals surface area contributed by atoms with Crippen LogP contribution in [0.4, 0.5) is 8.78 Å². The van der Waals surface area contributed by atoms with Gasteiger partial charge in [-0.05, 0) is 24.0 Å². The number of alkyl halides is 2. The molecule has 1 aromatic heterocycles. The number of halogens is 2. The SMILES string of the molecule is CC(C)(C)CC(N=CC(F)(F)c1ccccn1)C12OCC(C)(CO1)CO2. The minimum atomic E-state index is -3.29. The Kier molecular flexibility index (Phi) is 4.92. The van der Waals surface area contributed by atoms with E-state index in [1.807, 2.05) is 27.7 Å². The summed E-state index contributed by atoms with van der Waals surface area (Å²) >= 11 is 0. The summed E-state index contributed by atoms with van der Waals surface area (Å²) in [7, 11) is 0.